The fourth-order valence-electron chi connectivity index (χ4n) is 3.79. The van der Waals surface area contributed by atoms with Crippen molar-refractivity contribution >= 4 is 28.2 Å². The number of hydrogen-bond acceptors (Lipinski definition) is 6. The minimum atomic E-state index is -0.0166. The summed E-state index contributed by atoms with van der Waals surface area (Å²) in [5, 5.41) is 4.15. The fraction of sp³-hybridized carbons (Fsp3) is 0.375. The van der Waals surface area contributed by atoms with Crippen molar-refractivity contribution in [2.45, 2.75) is 46.3 Å². The van der Waals surface area contributed by atoms with Gasteiger partial charge >= 0.3 is 0 Å². The fourth-order valence-corrected chi connectivity index (χ4v) is 4.61. The maximum absolute atomic E-state index is 13.2. The number of nitrogens with one attached hydrogen (secondary N) is 1. The third kappa shape index (κ3) is 4.94. The van der Waals surface area contributed by atoms with Crippen LogP contribution in [0, 0.1) is 13.8 Å². The molecule has 1 unspecified atom stereocenters. The molecule has 0 spiro atoms. The Kier molecular flexibility index (Phi) is 6.63. The summed E-state index contributed by atoms with van der Waals surface area (Å²) in [6.07, 6.45) is 1.89. The minimum Gasteiger partial charge on any atom is -0.377 e. The van der Waals surface area contributed by atoms with E-state index in [0.29, 0.717) is 18.8 Å². The highest BCUT2D eigenvalue weighted by Gasteiger charge is 2.31. The molecule has 1 amide bonds. The van der Waals surface area contributed by atoms with Crippen LogP contribution in [0.25, 0.3) is 0 Å². The molecule has 3 aromatic rings. The maximum atomic E-state index is 13.2. The van der Waals surface area contributed by atoms with Crippen LogP contribution in [-0.2, 0) is 11.3 Å². The number of rotatable bonds is 7. The van der Waals surface area contributed by atoms with Crippen molar-refractivity contribution < 1.29 is 9.53 Å². The summed E-state index contributed by atoms with van der Waals surface area (Å²) in [5.41, 5.74) is 3.72. The first-order valence-corrected chi connectivity index (χ1v) is 11.5. The molecule has 1 aliphatic rings. The lowest BCUT2D eigenvalue weighted by Crippen LogP contribution is -2.31. The van der Waals surface area contributed by atoms with Gasteiger partial charge in [-0.05, 0) is 63.4 Å². The topological polar surface area (TPSA) is 67.3 Å². The first kappa shape index (κ1) is 21.5. The van der Waals surface area contributed by atoms with Gasteiger partial charge in [-0.2, -0.15) is 0 Å². The number of aryl methyl sites for hydroxylation is 2. The van der Waals surface area contributed by atoms with Crippen LogP contribution in [0.4, 0.5) is 10.9 Å². The summed E-state index contributed by atoms with van der Waals surface area (Å²) in [6.45, 7) is 8.04. The predicted molar refractivity (Wildman–Crippen MR) is 124 cm³/mol. The lowest BCUT2D eigenvalue weighted by molar-refractivity contribution is 0.0733. The first-order chi connectivity index (χ1) is 15.0. The molecular formula is C24H28N4O2S. The molecule has 1 N–H and O–H groups in total. The predicted octanol–water partition coefficient (Wildman–Crippen LogP) is 5.41. The van der Waals surface area contributed by atoms with Crippen LogP contribution in [0.2, 0.25) is 0 Å². The summed E-state index contributed by atoms with van der Waals surface area (Å²) in [5.74, 6) is 0.808. The van der Waals surface area contributed by atoms with Crippen molar-refractivity contribution in [3.8, 4) is 0 Å². The van der Waals surface area contributed by atoms with Crippen molar-refractivity contribution in [2.24, 2.45) is 0 Å². The van der Waals surface area contributed by atoms with E-state index < -0.39 is 0 Å². The second kappa shape index (κ2) is 9.58. The van der Waals surface area contributed by atoms with E-state index in [2.05, 4.69) is 17.2 Å². The minimum absolute atomic E-state index is 0.0166. The Morgan fingerprint density at radius 2 is 2.00 bits per heavy atom. The Morgan fingerprint density at radius 3 is 2.71 bits per heavy atom. The number of nitrogens with zero attached hydrogens (tertiary/aromatic N) is 3. The van der Waals surface area contributed by atoms with Gasteiger partial charge in [-0.3, -0.25) is 4.79 Å². The Morgan fingerprint density at radius 1 is 1.19 bits per heavy atom. The zero-order valence-corrected chi connectivity index (χ0v) is 19.0. The van der Waals surface area contributed by atoms with Crippen molar-refractivity contribution in [1.82, 2.24) is 14.9 Å². The van der Waals surface area contributed by atoms with E-state index in [0.717, 1.165) is 47.3 Å². The van der Waals surface area contributed by atoms with Crippen LogP contribution < -0.4 is 5.32 Å². The smallest absolute Gasteiger partial charge is 0.254 e. The van der Waals surface area contributed by atoms with Gasteiger partial charge in [0.25, 0.3) is 5.91 Å². The number of benzene rings is 1. The third-order valence-electron chi connectivity index (χ3n) is 5.56. The molecule has 4 rings (SSSR count). The Labute approximate surface area is 187 Å². The van der Waals surface area contributed by atoms with Crippen molar-refractivity contribution in [2.75, 3.05) is 18.5 Å². The van der Waals surface area contributed by atoms with Gasteiger partial charge in [0, 0.05) is 23.6 Å². The molecule has 162 valence electrons. The molecule has 0 aliphatic carbocycles. The average molecular weight is 437 g/mol. The summed E-state index contributed by atoms with van der Waals surface area (Å²) in [6, 6.07) is 13.6. The quantitative estimate of drug-likeness (QED) is 0.536. The van der Waals surface area contributed by atoms with Gasteiger partial charge in [0.1, 0.15) is 5.82 Å². The monoisotopic (exact) mass is 436 g/mol. The largest absolute Gasteiger partial charge is 0.377 e. The molecule has 0 radical (unpaired) electrons. The van der Waals surface area contributed by atoms with Gasteiger partial charge in [0.2, 0.25) is 0 Å². The normalized spacial score (nSPS) is 16.0. The number of amides is 1. The van der Waals surface area contributed by atoms with Gasteiger partial charge in [-0.15, -0.1) is 11.3 Å². The number of pyridine rings is 1. The van der Waals surface area contributed by atoms with Crippen molar-refractivity contribution in [3.63, 3.8) is 0 Å². The van der Waals surface area contributed by atoms with E-state index in [-0.39, 0.29) is 11.9 Å². The van der Waals surface area contributed by atoms with E-state index >= 15 is 0 Å². The number of carbonyl (C=O) groups is 1. The first-order valence-electron chi connectivity index (χ1n) is 10.7. The third-order valence-corrected chi connectivity index (χ3v) is 6.55. The summed E-state index contributed by atoms with van der Waals surface area (Å²) >= 11 is 1.62. The molecule has 1 fully saturated rings. The summed E-state index contributed by atoms with van der Waals surface area (Å²) in [7, 11) is 0. The van der Waals surface area contributed by atoms with Crippen LogP contribution in [-0.4, -0.2) is 33.9 Å². The Hall–Kier alpha value is -2.77. The molecular weight excluding hydrogens is 408 g/mol. The number of ether oxygens (including phenoxy) is 1. The zero-order valence-electron chi connectivity index (χ0n) is 18.2. The SMILES string of the molecule is CCOCc1ccc(C(=O)N2CCCC2c2cccc(Nc3nc(C)c(C)s3)n2)cc1. The molecule has 6 nitrogen and oxygen atoms in total. The van der Waals surface area contributed by atoms with Crippen LogP contribution in [0.3, 0.4) is 0 Å². The zero-order chi connectivity index (χ0) is 21.8. The van der Waals surface area contributed by atoms with Crippen LogP contribution in [0.15, 0.2) is 42.5 Å². The molecule has 0 bridgehead atoms. The second-order valence-corrected chi connectivity index (χ2v) is 8.93. The molecule has 31 heavy (non-hydrogen) atoms. The summed E-state index contributed by atoms with van der Waals surface area (Å²) < 4.78 is 5.44. The lowest BCUT2D eigenvalue weighted by Gasteiger charge is -2.25. The molecule has 1 aliphatic heterocycles. The molecule has 1 atom stereocenters. The number of anilines is 2. The highest BCUT2D eigenvalue weighted by molar-refractivity contribution is 7.15. The molecule has 1 aromatic carbocycles. The number of thiazole rings is 1. The van der Waals surface area contributed by atoms with Crippen LogP contribution in [0.1, 0.15) is 58.0 Å². The van der Waals surface area contributed by atoms with E-state index in [4.69, 9.17) is 9.72 Å². The number of likely N-dealkylation sites (tertiary alicyclic amines) is 1. The molecule has 7 heteroatoms. The molecule has 2 aromatic heterocycles. The standard InChI is InChI=1S/C24H28N4O2S/c1-4-30-15-18-10-12-19(13-11-18)23(29)28-14-6-8-21(28)20-7-5-9-22(26-20)27-24-25-16(2)17(3)31-24/h5,7,9-13,21H,4,6,8,14-15H2,1-3H3,(H,25,26,27). The Bertz CT molecular complexity index is 1030. The van der Waals surface area contributed by atoms with Gasteiger partial charge in [-0.1, -0.05) is 18.2 Å². The van der Waals surface area contributed by atoms with Crippen molar-refractivity contribution in [3.05, 3.63) is 69.9 Å². The average Bonchev–Trinajstić information content (AvgIpc) is 3.39. The highest BCUT2D eigenvalue weighted by Crippen LogP contribution is 2.33. The number of carbonyl (C=O) groups excluding carboxylic acids is 1. The molecule has 3 heterocycles. The molecule has 1 saturated heterocycles. The van der Waals surface area contributed by atoms with E-state index in [1.54, 1.807) is 11.3 Å². The van der Waals surface area contributed by atoms with Crippen LogP contribution in [0.5, 0.6) is 0 Å². The van der Waals surface area contributed by atoms with E-state index in [1.165, 1.54) is 4.88 Å². The lowest BCUT2D eigenvalue weighted by atomic mass is 10.1. The van der Waals surface area contributed by atoms with Gasteiger partial charge in [-0.25, -0.2) is 9.97 Å². The van der Waals surface area contributed by atoms with Gasteiger partial charge in [0.05, 0.1) is 24.0 Å². The van der Waals surface area contributed by atoms with Gasteiger partial charge in [0.15, 0.2) is 5.13 Å². The van der Waals surface area contributed by atoms with Crippen molar-refractivity contribution in [1.29, 1.82) is 0 Å². The van der Waals surface area contributed by atoms with Crippen LogP contribution >= 0.6 is 11.3 Å². The van der Waals surface area contributed by atoms with E-state index in [1.807, 2.05) is 61.2 Å². The highest BCUT2D eigenvalue weighted by atomic mass is 32.1. The molecule has 0 saturated carbocycles. The van der Waals surface area contributed by atoms with E-state index in [9.17, 15) is 4.79 Å². The van der Waals surface area contributed by atoms with Gasteiger partial charge < -0.3 is 15.0 Å². The number of hydrogen-bond donors (Lipinski definition) is 1. The Balaban J connectivity index is 1.49. The number of aromatic nitrogens is 2. The maximum Gasteiger partial charge on any atom is 0.254 e. The summed E-state index contributed by atoms with van der Waals surface area (Å²) in [4.78, 5) is 25.7. The second-order valence-electron chi connectivity index (χ2n) is 7.72.